The summed E-state index contributed by atoms with van der Waals surface area (Å²) in [6.45, 7) is 6.28. The van der Waals surface area contributed by atoms with Crippen LogP contribution < -0.4 is 0 Å². The summed E-state index contributed by atoms with van der Waals surface area (Å²) in [6.07, 6.45) is 0. The molecule has 1 rings (SSSR count). The van der Waals surface area contributed by atoms with Gasteiger partial charge in [-0.25, -0.2) is 0 Å². The fourth-order valence-electron chi connectivity index (χ4n) is 1.05. The standard InChI is InChI=1S/C12H15ClOS/c1-12(2,3)15-8-11(14)9-6-4-5-7-10(9)13/h4-7H,8H2,1-3H3. The van der Waals surface area contributed by atoms with Crippen LogP contribution in [-0.2, 0) is 0 Å². The van der Waals surface area contributed by atoms with Gasteiger partial charge < -0.3 is 0 Å². The van der Waals surface area contributed by atoms with E-state index in [9.17, 15) is 4.79 Å². The average Bonchev–Trinajstić information content (AvgIpc) is 2.14. The van der Waals surface area contributed by atoms with Crippen LogP contribution in [0, 0.1) is 0 Å². The maximum absolute atomic E-state index is 11.8. The zero-order valence-electron chi connectivity index (χ0n) is 9.21. The Bertz CT molecular complexity index is 355. The Morgan fingerprint density at radius 3 is 2.47 bits per heavy atom. The zero-order chi connectivity index (χ0) is 11.5. The molecule has 0 spiro atoms. The van der Waals surface area contributed by atoms with Crippen LogP contribution in [0.5, 0.6) is 0 Å². The summed E-state index contributed by atoms with van der Waals surface area (Å²) >= 11 is 7.58. The van der Waals surface area contributed by atoms with Gasteiger partial charge in [0.2, 0.25) is 0 Å². The predicted molar refractivity (Wildman–Crippen MR) is 68.0 cm³/mol. The lowest BCUT2D eigenvalue weighted by Gasteiger charge is -2.16. The van der Waals surface area contributed by atoms with Gasteiger partial charge >= 0.3 is 0 Å². The van der Waals surface area contributed by atoms with Crippen molar-refractivity contribution in [3.8, 4) is 0 Å². The Kier molecular flexibility index (Phi) is 4.23. The maximum Gasteiger partial charge on any atom is 0.174 e. The van der Waals surface area contributed by atoms with Gasteiger partial charge in [0.25, 0.3) is 0 Å². The molecule has 0 heterocycles. The van der Waals surface area contributed by atoms with Gasteiger partial charge in [0.15, 0.2) is 5.78 Å². The molecule has 0 saturated carbocycles. The third-order valence-electron chi connectivity index (χ3n) is 1.81. The predicted octanol–water partition coefficient (Wildman–Crippen LogP) is 4.05. The minimum absolute atomic E-state index is 0.0977. The van der Waals surface area contributed by atoms with E-state index in [2.05, 4.69) is 20.8 Å². The Morgan fingerprint density at radius 1 is 1.33 bits per heavy atom. The number of halogens is 1. The van der Waals surface area contributed by atoms with Crippen molar-refractivity contribution in [2.24, 2.45) is 0 Å². The molecule has 15 heavy (non-hydrogen) atoms. The number of hydrogen-bond acceptors (Lipinski definition) is 2. The Morgan fingerprint density at radius 2 is 1.93 bits per heavy atom. The van der Waals surface area contributed by atoms with Crippen LogP contribution in [0.15, 0.2) is 24.3 Å². The van der Waals surface area contributed by atoms with E-state index in [1.54, 1.807) is 23.9 Å². The summed E-state index contributed by atoms with van der Waals surface area (Å²) < 4.78 is 0.108. The number of hydrogen-bond donors (Lipinski definition) is 0. The highest BCUT2D eigenvalue weighted by atomic mass is 35.5. The van der Waals surface area contributed by atoms with Crippen LogP contribution in [-0.4, -0.2) is 16.3 Å². The van der Waals surface area contributed by atoms with Crippen LogP contribution in [0.2, 0.25) is 5.02 Å². The van der Waals surface area contributed by atoms with E-state index >= 15 is 0 Å². The van der Waals surface area contributed by atoms with Crippen molar-refractivity contribution in [3.05, 3.63) is 34.9 Å². The molecule has 0 bridgehead atoms. The molecular weight excluding hydrogens is 228 g/mol. The highest BCUT2D eigenvalue weighted by Gasteiger charge is 2.15. The molecule has 1 aromatic rings. The van der Waals surface area contributed by atoms with Crippen LogP contribution in [0.4, 0.5) is 0 Å². The molecule has 0 aliphatic carbocycles. The van der Waals surface area contributed by atoms with E-state index in [1.807, 2.05) is 12.1 Å². The summed E-state index contributed by atoms with van der Waals surface area (Å²) in [5, 5.41) is 0.539. The van der Waals surface area contributed by atoms with Crippen LogP contribution in [0.3, 0.4) is 0 Å². The largest absolute Gasteiger partial charge is 0.293 e. The molecule has 0 N–H and O–H groups in total. The number of ketones is 1. The fourth-order valence-corrected chi connectivity index (χ4v) is 2.01. The average molecular weight is 243 g/mol. The van der Waals surface area contributed by atoms with Crippen molar-refractivity contribution in [2.45, 2.75) is 25.5 Å². The smallest absolute Gasteiger partial charge is 0.174 e. The molecule has 0 atom stereocenters. The summed E-state index contributed by atoms with van der Waals surface area (Å²) in [4.78, 5) is 11.8. The monoisotopic (exact) mass is 242 g/mol. The maximum atomic E-state index is 11.8. The molecule has 0 fully saturated rings. The Labute approximate surface area is 100 Å². The zero-order valence-corrected chi connectivity index (χ0v) is 10.8. The van der Waals surface area contributed by atoms with E-state index < -0.39 is 0 Å². The summed E-state index contributed by atoms with van der Waals surface area (Å²) in [5.74, 6) is 0.577. The van der Waals surface area contributed by atoms with Crippen molar-refractivity contribution >= 4 is 29.1 Å². The normalized spacial score (nSPS) is 11.5. The first-order chi connectivity index (χ1) is 6.90. The molecule has 0 amide bonds. The third-order valence-corrected chi connectivity index (χ3v) is 3.41. The van der Waals surface area contributed by atoms with Crippen LogP contribution >= 0.6 is 23.4 Å². The van der Waals surface area contributed by atoms with Crippen molar-refractivity contribution in [3.63, 3.8) is 0 Å². The molecule has 0 aliphatic heterocycles. The van der Waals surface area contributed by atoms with Gasteiger partial charge in [-0.15, -0.1) is 11.8 Å². The topological polar surface area (TPSA) is 17.1 Å². The summed E-state index contributed by atoms with van der Waals surface area (Å²) in [7, 11) is 0. The number of benzene rings is 1. The number of thioether (sulfide) groups is 1. The van der Waals surface area contributed by atoms with Gasteiger partial charge in [-0.1, -0.05) is 44.5 Å². The van der Waals surface area contributed by atoms with E-state index in [1.165, 1.54) is 0 Å². The minimum atomic E-state index is 0.0977. The van der Waals surface area contributed by atoms with Crippen molar-refractivity contribution in [1.82, 2.24) is 0 Å². The lowest BCUT2D eigenvalue weighted by molar-refractivity contribution is 0.102. The highest BCUT2D eigenvalue weighted by Crippen LogP contribution is 2.25. The molecule has 82 valence electrons. The second kappa shape index (κ2) is 5.04. The molecule has 0 unspecified atom stereocenters. The van der Waals surface area contributed by atoms with Crippen LogP contribution in [0.25, 0.3) is 0 Å². The SMILES string of the molecule is CC(C)(C)SCC(=O)c1ccccc1Cl. The lowest BCUT2D eigenvalue weighted by atomic mass is 10.1. The summed E-state index contributed by atoms with van der Waals surface area (Å²) in [5.41, 5.74) is 0.621. The van der Waals surface area contributed by atoms with Crippen LogP contribution in [0.1, 0.15) is 31.1 Å². The lowest BCUT2D eigenvalue weighted by Crippen LogP contribution is -2.13. The minimum Gasteiger partial charge on any atom is -0.293 e. The van der Waals surface area contributed by atoms with E-state index in [0.29, 0.717) is 16.3 Å². The van der Waals surface area contributed by atoms with Gasteiger partial charge in [-0.2, -0.15) is 0 Å². The number of rotatable bonds is 3. The molecule has 0 saturated heterocycles. The molecule has 0 aliphatic rings. The highest BCUT2D eigenvalue weighted by molar-refractivity contribution is 8.01. The second-order valence-corrected chi connectivity index (χ2v) is 6.51. The van der Waals surface area contributed by atoms with Crippen molar-refractivity contribution in [2.75, 3.05) is 5.75 Å². The number of Topliss-reactive ketones (excluding diaryl/α,β-unsaturated/α-hetero) is 1. The molecule has 0 radical (unpaired) electrons. The van der Waals surface area contributed by atoms with Crippen molar-refractivity contribution < 1.29 is 4.79 Å². The molecule has 1 nitrogen and oxygen atoms in total. The van der Waals surface area contributed by atoms with Crippen molar-refractivity contribution in [1.29, 1.82) is 0 Å². The van der Waals surface area contributed by atoms with E-state index in [0.717, 1.165) is 0 Å². The fraction of sp³-hybridized carbons (Fsp3) is 0.417. The molecule has 0 aromatic heterocycles. The quantitative estimate of drug-likeness (QED) is 0.744. The molecule has 1 aromatic carbocycles. The van der Waals surface area contributed by atoms with Gasteiger partial charge in [0.05, 0.1) is 10.8 Å². The first-order valence-electron chi connectivity index (χ1n) is 4.82. The van der Waals surface area contributed by atoms with Gasteiger partial charge in [0, 0.05) is 10.3 Å². The third kappa shape index (κ3) is 4.27. The second-order valence-electron chi connectivity index (χ2n) is 4.30. The summed E-state index contributed by atoms with van der Waals surface area (Å²) in [6, 6.07) is 7.18. The van der Waals surface area contributed by atoms with E-state index in [-0.39, 0.29) is 10.5 Å². The van der Waals surface area contributed by atoms with E-state index in [4.69, 9.17) is 11.6 Å². The molecule has 3 heteroatoms. The first-order valence-corrected chi connectivity index (χ1v) is 6.18. The van der Waals surface area contributed by atoms with Gasteiger partial charge in [-0.05, 0) is 12.1 Å². The first kappa shape index (κ1) is 12.6. The number of carbonyl (C=O) groups is 1. The Balaban J connectivity index is 2.66. The Hall–Kier alpha value is -0.470. The number of carbonyl (C=O) groups excluding carboxylic acids is 1. The van der Waals surface area contributed by atoms with Gasteiger partial charge in [0.1, 0.15) is 0 Å². The molecular formula is C12H15ClOS. The van der Waals surface area contributed by atoms with Gasteiger partial charge in [-0.3, -0.25) is 4.79 Å².